The Balaban J connectivity index is 1.39. The first-order valence-corrected chi connectivity index (χ1v) is 8.02. The number of rotatable bonds is 3. The lowest BCUT2D eigenvalue weighted by molar-refractivity contribution is 0.00985. The summed E-state index contributed by atoms with van der Waals surface area (Å²) in [6, 6.07) is 7.27. The van der Waals surface area contributed by atoms with Crippen LogP contribution in [0.3, 0.4) is 0 Å². The quantitative estimate of drug-likeness (QED) is 0.847. The van der Waals surface area contributed by atoms with Gasteiger partial charge in [0.05, 0.1) is 36.7 Å². The van der Waals surface area contributed by atoms with Crippen LogP contribution in [-0.2, 0) is 4.74 Å². The average Bonchev–Trinajstić information content (AvgIpc) is 3.23. The van der Waals surface area contributed by atoms with Crippen LogP contribution < -0.4 is 4.74 Å². The number of ether oxygens (including phenoxy) is 2. The summed E-state index contributed by atoms with van der Waals surface area (Å²) in [5, 5.41) is 7.48. The summed E-state index contributed by atoms with van der Waals surface area (Å²) in [6.45, 7) is 1.78. The first-order chi connectivity index (χ1) is 11.7. The number of aromatic nitrogens is 3. The molecule has 0 saturated carbocycles. The molecule has 4 heterocycles. The number of amides is 1. The van der Waals surface area contributed by atoms with Crippen molar-refractivity contribution < 1.29 is 14.3 Å². The minimum atomic E-state index is -0.310. The highest BCUT2D eigenvalue weighted by Gasteiger charge is 2.47. The molecule has 0 aromatic carbocycles. The largest absolute Gasteiger partial charge is 0.472 e. The van der Waals surface area contributed by atoms with Gasteiger partial charge in [0, 0.05) is 25.2 Å². The highest BCUT2D eigenvalue weighted by molar-refractivity contribution is 5.94. The molecule has 2 aromatic rings. The van der Waals surface area contributed by atoms with Gasteiger partial charge in [0.15, 0.2) is 0 Å². The lowest BCUT2D eigenvalue weighted by Gasteiger charge is -2.23. The monoisotopic (exact) mass is 326 g/mol. The Morgan fingerprint density at radius 2 is 2.25 bits per heavy atom. The van der Waals surface area contributed by atoms with E-state index < -0.39 is 0 Å². The number of hydrogen-bond acceptors (Lipinski definition) is 6. The highest BCUT2D eigenvalue weighted by Crippen LogP contribution is 2.36. The van der Waals surface area contributed by atoms with E-state index in [-0.39, 0.29) is 17.6 Å². The van der Waals surface area contributed by atoms with E-state index in [1.165, 1.54) is 12.4 Å². The molecule has 7 nitrogen and oxygen atoms in total. The topological polar surface area (TPSA) is 77.4 Å². The van der Waals surface area contributed by atoms with Crippen molar-refractivity contribution >= 4 is 5.91 Å². The second kappa shape index (κ2) is 6.16. The standard InChI is InChI=1S/C17H18N4O3/c22-16(13-4-7-19-20-10-13)21-8-5-17(12-21)9-14(11-23-17)24-15-3-1-2-6-18-15/h1-4,6-7,10,14H,5,8-9,11-12H2/t14-,17+/m1/s1. The lowest BCUT2D eigenvalue weighted by atomic mass is 9.98. The van der Waals surface area contributed by atoms with E-state index in [1.807, 2.05) is 23.1 Å². The third kappa shape index (κ3) is 2.94. The number of likely N-dealkylation sites (tertiary alicyclic amines) is 1. The zero-order valence-electron chi connectivity index (χ0n) is 13.2. The van der Waals surface area contributed by atoms with Gasteiger partial charge in [-0.2, -0.15) is 10.2 Å². The third-order valence-corrected chi connectivity index (χ3v) is 4.54. The molecular formula is C17H18N4O3. The molecule has 2 atom stereocenters. The average molecular weight is 326 g/mol. The van der Waals surface area contributed by atoms with E-state index in [2.05, 4.69) is 15.2 Å². The number of carbonyl (C=O) groups is 1. The molecule has 0 radical (unpaired) electrons. The Bertz CT molecular complexity index is 712. The van der Waals surface area contributed by atoms with Gasteiger partial charge in [-0.15, -0.1) is 0 Å². The second-order valence-electron chi connectivity index (χ2n) is 6.21. The summed E-state index contributed by atoms with van der Waals surface area (Å²) in [7, 11) is 0. The molecule has 0 aliphatic carbocycles. The molecule has 7 heteroatoms. The molecule has 2 saturated heterocycles. The van der Waals surface area contributed by atoms with E-state index in [0.29, 0.717) is 31.1 Å². The number of hydrogen-bond donors (Lipinski definition) is 0. The maximum Gasteiger partial charge on any atom is 0.255 e. The van der Waals surface area contributed by atoms with Gasteiger partial charge in [-0.1, -0.05) is 6.07 Å². The summed E-state index contributed by atoms with van der Waals surface area (Å²) < 4.78 is 11.9. The molecule has 2 aromatic heterocycles. The van der Waals surface area contributed by atoms with Crippen LogP contribution in [0.4, 0.5) is 0 Å². The summed E-state index contributed by atoms with van der Waals surface area (Å²) in [6.07, 6.45) is 6.29. The first-order valence-electron chi connectivity index (χ1n) is 8.02. The summed E-state index contributed by atoms with van der Waals surface area (Å²) in [5.41, 5.74) is 0.247. The van der Waals surface area contributed by atoms with Crippen LogP contribution in [0.5, 0.6) is 5.88 Å². The third-order valence-electron chi connectivity index (χ3n) is 4.54. The van der Waals surface area contributed by atoms with E-state index >= 15 is 0 Å². The number of pyridine rings is 1. The van der Waals surface area contributed by atoms with Gasteiger partial charge < -0.3 is 14.4 Å². The molecule has 0 N–H and O–H groups in total. The minimum Gasteiger partial charge on any atom is -0.472 e. The normalized spacial score (nSPS) is 26.0. The highest BCUT2D eigenvalue weighted by atomic mass is 16.6. The molecular weight excluding hydrogens is 308 g/mol. The van der Waals surface area contributed by atoms with Crippen LogP contribution in [0.15, 0.2) is 42.9 Å². The Hall–Kier alpha value is -2.54. The van der Waals surface area contributed by atoms with Crippen molar-refractivity contribution in [1.29, 1.82) is 0 Å². The molecule has 0 bridgehead atoms. The van der Waals surface area contributed by atoms with Crippen molar-refractivity contribution in [2.24, 2.45) is 0 Å². The second-order valence-corrected chi connectivity index (χ2v) is 6.21. The molecule has 124 valence electrons. The van der Waals surface area contributed by atoms with Crippen molar-refractivity contribution in [3.8, 4) is 5.88 Å². The molecule has 1 amide bonds. The molecule has 24 heavy (non-hydrogen) atoms. The lowest BCUT2D eigenvalue weighted by Crippen LogP contribution is -2.36. The van der Waals surface area contributed by atoms with Crippen LogP contribution >= 0.6 is 0 Å². The van der Waals surface area contributed by atoms with E-state index in [0.717, 1.165) is 12.8 Å². The molecule has 4 rings (SSSR count). The fraction of sp³-hybridized carbons (Fsp3) is 0.412. The SMILES string of the molecule is O=C(c1ccnnc1)N1CC[C@]2(C[C@@H](Oc3ccccn3)CO2)C1. The van der Waals surface area contributed by atoms with Crippen LogP contribution in [0.1, 0.15) is 23.2 Å². The Labute approximate surface area is 139 Å². The van der Waals surface area contributed by atoms with E-state index in [4.69, 9.17) is 9.47 Å². The van der Waals surface area contributed by atoms with E-state index in [1.54, 1.807) is 12.3 Å². The Morgan fingerprint density at radius 1 is 1.29 bits per heavy atom. The molecule has 0 unspecified atom stereocenters. The van der Waals surface area contributed by atoms with Gasteiger partial charge in [0.2, 0.25) is 5.88 Å². The Morgan fingerprint density at radius 3 is 3.04 bits per heavy atom. The van der Waals surface area contributed by atoms with Crippen LogP contribution in [0.25, 0.3) is 0 Å². The number of carbonyl (C=O) groups excluding carboxylic acids is 1. The molecule has 1 spiro atoms. The predicted molar refractivity (Wildman–Crippen MR) is 84.5 cm³/mol. The first kappa shape index (κ1) is 15.0. The fourth-order valence-electron chi connectivity index (χ4n) is 3.37. The van der Waals surface area contributed by atoms with Gasteiger partial charge in [0.1, 0.15) is 6.10 Å². The van der Waals surface area contributed by atoms with E-state index in [9.17, 15) is 4.79 Å². The maximum absolute atomic E-state index is 12.5. The zero-order chi connectivity index (χ0) is 16.4. The van der Waals surface area contributed by atoms with Crippen LogP contribution in [-0.4, -0.2) is 57.4 Å². The predicted octanol–water partition coefficient (Wildman–Crippen LogP) is 1.32. The fourth-order valence-corrected chi connectivity index (χ4v) is 3.37. The van der Waals surface area contributed by atoms with Gasteiger partial charge in [-0.05, 0) is 18.6 Å². The van der Waals surface area contributed by atoms with Gasteiger partial charge in [-0.3, -0.25) is 4.79 Å². The molecule has 2 aliphatic heterocycles. The van der Waals surface area contributed by atoms with Gasteiger partial charge in [-0.25, -0.2) is 4.98 Å². The molecule has 2 aliphatic rings. The van der Waals surface area contributed by atoms with Crippen molar-refractivity contribution in [3.63, 3.8) is 0 Å². The summed E-state index contributed by atoms with van der Waals surface area (Å²) in [4.78, 5) is 18.5. The van der Waals surface area contributed by atoms with Gasteiger partial charge in [0.25, 0.3) is 5.91 Å². The minimum absolute atomic E-state index is 0.0283. The van der Waals surface area contributed by atoms with Crippen molar-refractivity contribution in [2.45, 2.75) is 24.5 Å². The van der Waals surface area contributed by atoms with Crippen LogP contribution in [0.2, 0.25) is 0 Å². The summed E-state index contributed by atoms with van der Waals surface area (Å²) >= 11 is 0. The maximum atomic E-state index is 12.5. The zero-order valence-corrected chi connectivity index (χ0v) is 13.2. The Kier molecular flexibility index (Phi) is 3.86. The number of nitrogens with zero attached hydrogens (tertiary/aromatic N) is 4. The summed E-state index contributed by atoms with van der Waals surface area (Å²) in [5.74, 6) is 0.580. The van der Waals surface area contributed by atoms with Crippen molar-refractivity contribution in [2.75, 3.05) is 19.7 Å². The molecule has 2 fully saturated rings. The van der Waals surface area contributed by atoms with Gasteiger partial charge >= 0.3 is 0 Å². The van der Waals surface area contributed by atoms with Crippen molar-refractivity contribution in [3.05, 3.63) is 48.4 Å². The van der Waals surface area contributed by atoms with Crippen molar-refractivity contribution in [1.82, 2.24) is 20.1 Å². The smallest absolute Gasteiger partial charge is 0.255 e. The van der Waals surface area contributed by atoms with Crippen LogP contribution in [0, 0.1) is 0 Å².